The zero-order chi connectivity index (χ0) is 12.8. The first kappa shape index (κ1) is 12.1. The molecule has 0 unspecified atom stereocenters. The van der Waals surface area contributed by atoms with Crippen LogP contribution < -0.4 is 11.2 Å². The Morgan fingerprint density at radius 3 is 2.39 bits per heavy atom. The SMILES string of the molecule is Nc1ccc(C(=O)ONCc2ccccc2)cc1. The minimum Gasteiger partial charge on any atom is -0.399 e. The first-order valence-corrected chi connectivity index (χ1v) is 5.59. The summed E-state index contributed by atoms with van der Waals surface area (Å²) >= 11 is 0. The molecule has 0 amide bonds. The van der Waals surface area contributed by atoms with E-state index in [0.29, 0.717) is 17.8 Å². The minimum absolute atomic E-state index is 0.425. The normalized spacial score (nSPS) is 10.0. The Morgan fingerprint density at radius 2 is 1.72 bits per heavy atom. The molecule has 92 valence electrons. The summed E-state index contributed by atoms with van der Waals surface area (Å²) in [5, 5.41) is 0. The highest BCUT2D eigenvalue weighted by Crippen LogP contribution is 2.06. The van der Waals surface area contributed by atoms with Crippen LogP contribution in [0.15, 0.2) is 54.6 Å². The molecule has 0 fully saturated rings. The second kappa shape index (κ2) is 5.84. The van der Waals surface area contributed by atoms with Crippen molar-refractivity contribution in [2.75, 3.05) is 5.73 Å². The predicted octanol–water partition coefficient (Wildman–Crippen LogP) is 2.13. The van der Waals surface area contributed by atoms with Crippen molar-refractivity contribution in [3.8, 4) is 0 Å². The smallest absolute Gasteiger partial charge is 0.356 e. The summed E-state index contributed by atoms with van der Waals surface area (Å²) < 4.78 is 0. The van der Waals surface area contributed by atoms with Gasteiger partial charge in [0.2, 0.25) is 0 Å². The minimum atomic E-state index is -0.425. The fraction of sp³-hybridized carbons (Fsp3) is 0.0714. The molecule has 2 aromatic carbocycles. The summed E-state index contributed by atoms with van der Waals surface area (Å²) in [7, 11) is 0. The molecule has 0 aliphatic heterocycles. The van der Waals surface area contributed by atoms with Crippen molar-refractivity contribution in [3.05, 3.63) is 65.7 Å². The average Bonchev–Trinajstić information content (AvgIpc) is 2.40. The van der Waals surface area contributed by atoms with Crippen molar-refractivity contribution >= 4 is 11.7 Å². The van der Waals surface area contributed by atoms with Crippen LogP contribution in [0.25, 0.3) is 0 Å². The van der Waals surface area contributed by atoms with E-state index in [4.69, 9.17) is 10.6 Å². The third-order valence-corrected chi connectivity index (χ3v) is 2.43. The Morgan fingerprint density at radius 1 is 1.06 bits per heavy atom. The van der Waals surface area contributed by atoms with Crippen LogP contribution in [-0.4, -0.2) is 5.97 Å². The molecule has 4 nitrogen and oxygen atoms in total. The highest BCUT2D eigenvalue weighted by molar-refractivity contribution is 5.89. The van der Waals surface area contributed by atoms with Crippen LogP contribution in [0.1, 0.15) is 15.9 Å². The molecule has 0 aliphatic carbocycles. The van der Waals surface area contributed by atoms with Gasteiger partial charge in [-0.15, -0.1) is 5.48 Å². The van der Waals surface area contributed by atoms with E-state index in [1.54, 1.807) is 24.3 Å². The van der Waals surface area contributed by atoms with Crippen LogP contribution in [0, 0.1) is 0 Å². The first-order valence-electron chi connectivity index (χ1n) is 5.59. The Balaban J connectivity index is 1.84. The number of nitrogens with two attached hydrogens (primary N) is 1. The number of hydrogen-bond donors (Lipinski definition) is 2. The van der Waals surface area contributed by atoms with Gasteiger partial charge in [0.25, 0.3) is 0 Å². The summed E-state index contributed by atoms with van der Waals surface area (Å²) in [5.74, 6) is -0.425. The number of carbonyl (C=O) groups is 1. The van der Waals surface area contributed by atoms with E-state index in [2.05, 4.69) is 5.48 Å². The second-order valence-electron chi connectivity index (χ2n) is 3.82. The quantitative estimate of drug-likeness (QED) is 0.636. The monoisotopic (exact) mass is 242 g/mol. The van der Waals surface area contributed by atoms with Crippen LogP contribution >= 0.6 is 0 Å². The van der Waals surface area contributed by atoms with Crippen molar-refractivity contribution in [1.82, 2.24) is 5.48 Å². The van der Waals surface area contributed by atoms with E-state index >= 15 is 0 Å². The Labute approximate surface area is 105 Å². The van der Waals surface area contributed by atoms with Crippen molar-refractivity contribution in [2.45, 2.75) is 6.54 Å². The van der Waals surface area contributed by atoms with Gasteiger partial charge in [-0.1, -0.05) is 30.3 Å². The maximum absolute atomic E-state index is 11.6. The number of benzene rings is 2. The molecule has 0 aliphatic rings. The molecule has 0 bridgehead atoms. The predicted molar refractivity (Wildman–Crippen MR) is 69.6 cm³/mol. The van der Waals surface area contributed by atoms with Gasteiger partial charge in [0.15, 0.2) is 0 Å². The van der Waals surface area contributed by atoms with Crippen LogP contribution in [0.5, 0.6) is 0 Å². The molecule has 0 saturated carbocycles. The van der Waals surface area contributed by atoms with Crippen molar-refractivity contribution < 1.29 is 9.63 Å². The van der Waals surface area contributed by atoms with Gasteiger partial charge in [-0.3, -0.25) is 0 Å². The van der Waals surface area contributed by atoms with Gasteiger partial charge in [-0.2, -0.15) is 0 Å². The van der Waals surface area contributed by atoms with Crippen molar-refractivity contribution in [2.24, 2.45) is 0 Å². The van der Waals surface area contributed by atoms with Gasteiger partial charge in [0.05, 0.1) is 12.1 Å². The molecule has 2 rings (SSSR count). The number of carbonyl (C=O) groups excluding carboxylic acids is 1. The van der Waals surface area contributed by atoms with E-state index < -0.39 is 5.97 Å². The number of nitrogens with one attached hydrogen (secondary N) is 1. The van der Waals surface area contributed by atoms with Gasteiger partial charge in [0.1, 0.15) is 0 Å². The summed E-state index contributed by atoms with van der Waals surface area (Å²) in [6, 6.07) is 16.3. The number of rotatable bonds is 4. The molecule has 0 spiro atoms. The van der Waals surface area contributed by atoms with E-state index in [0.717, 1.165) is 5.56 Å². The third-order valence-electron chi connectivity index (χ3n) is 2.43. The molecule has 3 N–H and O–H groups in total. The van der Waals surface area contributed by atoms with E-state index in [9.17, 15) is 4.79 Å². The summed E-state index contributed by atoms with van der Waals surface area (Å²) in [4.78, 5) is 16.6. The van der Waals surface area contributed by atoms with E-state index in [1.165, 1.54) is 0 Å². The fourth-order valence-electron chi connectivity index (χ4n) is 1.46. The van der Waals surface area contributed by atoms with Gasteiger partial charge in [-0.25, -0.2) is 4.79 Å². The van der Waals surface area contributed by atoms with Crippen LogP contribution in [0.2, 0.25) is 0 Å². The Bertz CT molecular complexity index is 509. The molecule has 0 heterocycles. The lowest BCUT2D eigenvalue weighted by molar-refractivity contribution is 0.0237. The number of hydroxylamine groups is 1. The molecule has 2 aromatic rings. The fourth-order valence-corrected chi connectivity index (χ4v) is 1.46. The number of hydrogen-bond acceptors (Lipinski definition) is 4. The third kappa shape index (κ3) is 3.33. The molecule has 18 heavy (non-hydrogen) atoms. The van der Waals surface area contributed by atoms with E-state index in [1.807, 2.05) is 30.3 Å². The van der Waals surface area contributed by atoms with Gasteiger partial charge < -0.3 is 10.6 Å². The topological polar surface area (TPSA) is 64.4 Å². The average molecular weight is 242 g/mol. The molecule has 0 atom stereocenters. The van der Waals surface area contributed by atoms with Crippen molar-refractivity contribution in [3.63, 3.8) is 0 Å². The zero-order valence-corrected chi connectivity index (χ0v) is 9.80. The lowest BCUT2D eigenvalue weighted by Crippen LogP contribution is -2.19. The number of anilines is 1. The van der Waals surface area contributed by atoms with Gasteiger partial charge in [-0.05, 0) is 29.8 Å². The molecule has 0 radical (unpaired) electrons. The van der Waals surface area contributed by atoms with Crippen LogP contribution in [0.4, 0.5) is 5.69 Å². The van der Waals surface area contributed by atoms with Crippen molar-refractivity contribution in [1.29, 1.82) is 0 Å². The number of nitrogen functional groups attached to an aromatic ring is 1. The molecule has 0 saturated heterocycles. The van der Waals surface area contributed by atoms with Crippen LogP contribution in [0.3, 0.4) is 0 Å². The second-order valence-corrected chi connectivity index (χ2v) is 3.82. The van der Waals surface area contributed by atoms with Crippen LogP contribution in [-0.2, 0) is 11.4 Å². The van der Waals surface area contributed by atoms with E-state index in [-0.39, 0.29) is 0 Å². The summed E-state index contributed by atoms with van der Waals surface area (Å²) in [5.41, 5.74) is 10.3. The standard InChI is InChI=1S/C14H14N2O2/c15-13-8-6-12(7-9-13)14(17)18-16-10-11-4-2-1-3-5-11/h1-9,16H,10,15H2. The molecule has 4 heteroatoms. The maximum atomic E-state index is 11.6. The highest BCUT2D eigenvalue weighted by atomic mass is 16.7. The lowest BCUT2D eigenvalue weighted by atomic mass is 10.2. The Hall–Kier alpha value is -2.33. The Kier molecular flexibility index (Phi) is 3.94. The van der Waals surface area contributed by atoms with Gasteiger partial charge in [0, 0.05) is 5.69 Å². The summed E-state index contributed by atoms with van der Waals surface area (Å²) in [6.45, 7) is 0.474. The molecular formula is C14H14N2O2. The van der Waals surface area contributed by atoms with Gasteiger partial charge >= 0.3 is 5.97 Å². The molecular weight excluding hydrogens is 228 g/mol. The largest absolute Gasteiger partial charge is 0.399 e. The molecule has 0 aromatic heterocycles. The maximum Gasteiger partial charge on any atom is 0.356 e. The summed E-state index contributed by atoms with van der Waals surface area (Å²) in [6.07, 6.45) is 0. The first-order chi connectivity index (χ1) is 8.75. The zero-order valence-electron chi connectivity index (χ0n) is 9.80. The lowest BCUT2D eigenvalue weighted by Gasteiger charge is -2.06. The highest BCUT2D eigenvalue weighted by Gasteiger charge is 2.06.